The number of alkyl halides is 3. The highest BCUT2D eigenvalue weighted by molar-refractivity contribution is 5.57. The average molecular weight is 272 g/mol. The van der Waals surface area contributed by atoms with E-state index in [4.69, 9.17) is 5.26 Å². The minimum Gasteiger partial charge on any atom is -0.376 e. The van der Waals surface area contributed by atoms with Crippen LogP contribution < -0.4 is 4.90 Å². The lowest BCUT2D eigenvalue weighted by atomic mass is 10.1. The summed E-state index contributed by atoms with van der Waals surface area (Å²) in [5.74, 6) is 0. The van der Waals surface area contributed by atoms with Gasteiger partial charge in [-0.1, -0.05) is 13.3 Å². The third kappa shape index (κ3) is 3.86. The van der Waals surface area contributed by atoms with Crippen LogP contribution in [-0.2, 0) is 6.18 Å². The highest BCUT2D eigenvalue weighted by Gasteiger charge is 2.35. The molecule has 104 valence electrons. The van der Waals surface area contributed by atoms with Crippen molar-refractivity contribution in [1.29, 1.82) is 5.26 Å². The number of halogens is 3. The second kappa shape index (κ2) is 6.43. The first-order valence-electron chi connectivity index (χ1n) is 5.91. The highest BCUT2D eigenvalue weighted by atomic mass is 19.4. The fourth-order valence-electron chi connectivity index (χ4n) is 1.72. The number of anilines is 1. The molecule has 0 radical (unpaired) electrons. The summed E-state index contributed by atoms with van der Waals surface area (Å²) in [6, 6.07) is 5.04. The third-order valence-corrected chi connectivity index (χ3v) is 2.72. The summed E-state index contributed by atoms with van der Waals surface area (Å²) in [5, 5.41) is 17.9. The molecule has 0 aliphatic rings. The van der Waals surface area contributed by atoms with Crippen molar-refractivity contribution < 1.29 is 18.3 Å². The predicted octanol–water partition coefficient (Wildman–Crippen LogP) is 3.13. The molecule has 0 aliphatic carbocycles. The Morgan fingerprint density at radius 3 is 2.53 bits per heavy atom. The van der Waals surface area contributed by atoms with Gasteiger partial charge in [0.15, 0.2) is 0 Å². The van der Waals surface area contributed by atoms with E-state index in [1.54, 1.807) is 6.07 Å². The zero-order valence-electron chi connectivity index (χ0n) is 10.5. The molecular weight excluding hydrogens is 257 g/mol. The smallest absolute Gasteiger partial charge is 0.376 e. The minimum atomic E-state index is -4.55. The Morgan fingerprint density at radius 1 is 1.37 bits per heavy atom. The Hall–Kier alpha value is -1.74. The molecule has 0 bridgehead atoms. The molecule has 0 aromatic heterocycles. The molecule has 0 fully saturated rings. The van der Waals surface area contributed by atoms with Crippen LogP contribution in [0, 0.1) is 11.3 Å². The van der Waals surface area contributed by atoms with Crippen molar-refractivity contribution in [1.82, 2.24) is 0 Å². The molecule has 6 heteroatoms. The Bertz CT molecular complexity index is 466. The van der Waals surface area contributed by atoms with Gasteiger partial charge in [-0.3, -0.25) is 0 Å². The van der Waals surface area contributed by atoms with Gasteiger partial charge in [-0.2, -0.15) is 18.4 Å². The number of unbranched alkanes of at least 4 members (excludes halogenated alkanes) is 1. The maximum Gasteiger partial charge on any atom is 0.418 e. The Kier molecular flexibility index (Phi) is 5.19. The van der Waals surface area contributed by atoms with Gasteiger partial charge in [0, 0.05) is 6.54 Å². The van der Waals surface area contributed by atoms with Crippen molar-refractivity contribution in [2.75, 3.05) is 18.2 Å². The molecule has 1 aromatic rings. The summed E-state index contributed by atoms with van der Waals surface area (Å²) in [6.45, 7) is 1.76. The normalized spacial score (nSPS) is 11.2. The number of aliphatic hydroxyl groups is 1. The maximum atomic E-state index is 13.0. The molecule has 0 heterocycles. The Balaban J connectivity index is 3.21. The number of nitriles is 1. The molecule has 19 heavy (non-hydrogen) atoms. The van der Waals surface area contributed by atoms with Gasteiger partial charge in [-0.25, -0.2) is 0 Å². The first-order chi connectivity index (χ1) is 8.93. The number of hydrogen-bond acceptors (Lipinski definition) is 3. The van der Waals surface area contributed by atoms with E-state index >= 15 is 0 Å². The van der Waals surface area contributed by atoms with Crippen molar-refractivity contribution in [3.05, 3.63) is 29.3 Å². The second-order valence-electron chi connectivity index (χ2n) is 4.10. The molecule has 1 rings (SSSR count). The SMILES string of the molecule is CCCCN(CO)c1ccc(C#N)cc1C(F)(F)F. The van der Waals surface area contributed by atoms with E-state index in [1.807, 2.05) is 6.92 Å². The van der Waals surface area contributed by atoms with Gasteiger partial charge in [-0.15, -0.1) is 0 Å². The van der Waals surface area contributed by atoms with E-state index < -0.39 is 18.5 Å². The van der Waals surface area contributed by atoms with E-state index in [-0.39, 0.29) is 11.3 Å². The van der Waals surface area contributed by atoms with Crippen LogP contribution in [-0.4, -0.2) is 18.4 Å². The zero-order valence-corrected chi connectivity index (χ0v) is 10.5. The number of hydrogen-bond donors (Lipinski definition) is 1. The van der Waals surface area contributed by atoms with Crippen molar-refractivity contribution in [2.45, 2.75) is 25.9 Å². The molecule has 1 aromatic carbocycles. The lowest BCUT2D eigenvalue weighted by Gasteiger charge is -2.25. The molecule has 0 saturated heterocycles. The van der Waals surface area contributed by atoms with Gasteiger partial charge >= 0.3 is 6.18 Å². The van der Waals surface area contributed by atoms with Gasteiger partial charge in [0.2, 0.25) is 0 Å². The quantitative estimate of drug-likeness (QED) is 0.838. The van der Waals surface area contributed by atoms with Gasteiger partial charge in [0.05, 0.1) is 22.9 Å². The number of rotatable bonds is 5. The predicted molar refractivity (Wildman–Crippen MR) is 65.5 cm³/mol. The molecule has 0 atom stereocenters. The lowest BCUT2D eigenvalue weighted by Crippen LogP contribution is -2.28. The topological polar surface area (TPSA) is 47.3 Å². The maximum absolute atomic E-state index is 13.0. The molecule has 0 saturated carbocycles. The number of aliphatic hydroxyl groups excluding tert-OH is 1. The average Bonchev–Trinajstić information content (AvgIpc) is 2.38. The van der Waals surface area contributed by atoms with E-state index in [0.29, 0.717) is 13.0 Å². The number of benzene rings is 1. The summed E-state index contributed by atoms with van der Waals surface area (Å²) in [5.41, 5.74) is -1.04. The third-order valence-electron chi connectivity index (χ3n) is 2.72. The van der Waals surface area contributed by atoms with Crippen LogP contribution in [0.15, 0.2) is 18.2 Å². The molecule has 0 spiro atoms. The van der Waals surface area contributed by atoms with Crippen LogP contribution >= 0.6 is 0 Å². The highest BCUT2D eigenvalue weighted by Crippen LogP contribution is 2.37. The Labute approximate surface area is 109 Å². The molecule has 1 N–H and O–H groups in total. The Morgan fingerprint density at radius 2 is 2.05 bits per heavy atom. The lowest BCUT2D eigenvalue weighted by molar-refractivity contribution is -0.137. The standard InChI is InChI=1S/C13H15F3N2O/c1-2-3-6-18(9-19)12-5-4-10(8-17)7-11(12)13(14,15)16/h4-5,7,19H,2-3,6,9H2,1H3. The van der Waals surface area contributed by atoms with Crippen molar-refractivity contribution in [3.63, 3.8) is 0 Å². The monoisotopic (exact) mass is 272 g/mol. The van der Waals surface area contributed by atoms with Crippen molar-refractivity contribution >= 4 is 5.69 Å². The van der Waals surface area contributed by atoms with Gasteiger partial charge in [0.1, 0.15) is 6.73 Å². The molecule has 0 amide bonds. The first-order valence-corrected chi connectivity index (χ1v) is 5.91. The van der Waals surface area contributed by atoms with Crippen LogP contribution in [0.3, 0.4) is 0 Å². The van der Waals surface area contributed by atoms with Crippen LogP contribution in [0.2, 0.25) is 0 Å². The van der Waals surface area contributed by atoms with Crippen molar-refractivity contribution in [3.8, 4) is 6.07 Å². The van der Waals surface area contributed by atoms with E-state index in [0.717, 1.165) is 12.5 Å². The summed E-state index contributed by atoms with van der Waals surface area (Å²) >= 11 is 0. The van der Waals surface area contributed by atoms with Crippen LogP contribution in [0.5, 0.6) is 0 Å². The molecular formula is C13H15F3N2O. The first kappa shape index (κ1) is 15.3. The van der Waals surface area contributed by atoms with Gasteiger partial charge < -0.3 is 10.0 Å². The van der Waals surface area contributed by atoms with E-state index in [2.05, 4.69) is 0 Å². The fraction of sp³-hybridized carbons (Fsp3) is 0.462. The van der Waals surface area contributed by atoms with Crippen LogP contribution in [0.4, 0.5) is 18.9 Å². The number of nitrogens with zero attached hydrogens (tertiary/aromatic N) is 2. The van der Waals surface area contributed by atoms with E-state index in [9.17, 15) is 18.3 Å². The van der Waals surface area contributed by atoms with Crippen LogP contribution in [0.1, 0.15) is 30.9 Å². The largest absolute Gasteiger partial charge is 0.418 e. The summed E-state index contributed by atoms with van der Waals surface area (Å²) in [7, 11) is 0. The van der Waals surface area contributed by atoms with E-state index in [1.165, 1.54) is 17.0 Å². The molecule has 0 aliphatic heterocycles. The van der Waals surface area contributed by atoms with Gasteiger partial charge in [0.25, 0.3) is 0 Å². The zero-order chi connectivity index (χ0) is 14.5. The van der Waals surface area contributed by atoms with Crippen LogP contribution in [0.25, 0.3) is 0 Å². The summed E-state index contributed by atoms with van der Waals surface area (Å²) in [6.07, 6.45) is -3.06. The van der Waals surface area contributed by atoms with Gasteiger partial charge in [-0.05, 0) is 24.6 Å². The van der Waals surface area contributed by atoms with Crippen molar-refractivity contribution in [2.24, 2.45) is 0 Å². The minimum absolute atomic E-state index is 0.0514. The summed E-state index contributed by atoms with van der Waals surface area (Å²) in [4.78, 5) is 1.26. The fourth-order valence-corrected chi connectivity index (χ4v) is 1.72. The second-order valence-corrected chi connectivity index (χ2v) is 4.10. The molecule has 0 unspecified atom stereocenters. The summed E-state index contributed by atoms with van der Waals surface area (Å²) < 4.78 is 38.9. The molecule has 3 nitrogen and oxygen atoms in total.